The van der Waals surface area contributed by atoms with Crippen molar-refractivity contribution in [1.29, 1.82) is 0 Å². The number of hydrogen-bond acceptors (Lipinski definition) is 3. The molecular weight excluding hydrogens is 194 g/mol. The minimum atomic E-state index is 0.208. The van der Waals surface area contributed by atoms with Crippen LogP contribution < -0.4 is 4.74 Å². The fourth-order valence-electron chi connectivity index (χ4n) is 0.902. The van der Waals surface area contributed by atoms with Gasteiger partial charge in [0.25, 0.3) is 0 Å². The third-order valence-corrected chi connectivity index (χ3v) is 2.80. The van der Waals surface area contributed by atoms with Gasteiger partial charge in [-0.05, 0) is 25.2 Å². The third kappa shape index (κ3) is 3.22. The van der Waals surface area contributed by atoms with E-state index in [1.54, 1.807) is 11.8 Å². The van der Waals surface area contributed by atoms with Crippen LogP contribution in [-0.4, -0.2) is 17.3 Å². The van der Waals surface area contributed by atoms with Gasteiger partial charge in [-0.3, -0.25) is 0 Å². The number of rotatable bonds is 4. The maximum atomic E-state index is 5.69. The Labute approximate surface area is 90.1 Å². The molecule has 0 aliphatic carbocycles. The lowest BCUT2D eigenvalue weighted by Crippen LogP contribution is -2.19. The first kappa shape index (κ1) is 11.4. The van der Waals surface area contributed by atoms with E-state index in [0.29, 0.717) is 5.92 Å². The van der Waals surface area contributed by atoms with Crippen molar-refractivity contribution < 1.29 is 4.74 Å². The summed E-state index contributed by atoms with van der Waals surface area (Å²) >= 11 is 1.63. The van der Waals surface area contributed by atoms with Gasteiger partial charge < -0.3 is 4.74 Å². The topological polar surface area (TPSA) is 22.1 Å². The standard InChI is InChI=1S/C11H17NOS/c1-8(2)9(3)13-10-6-5-7-11(12-10)14-4/h5-9H,1-4H3. The molecule has 0 bridgehead atoms. The largest absolute Gasteiger partial charge is 0.474 e. The molecule has 1 aromatic rings. The molecule has 0 aliphatic rings. The molecule has 3 heteroatoms. The van der Waals surface area contributed by atoms with Gasteiger partial charge in [-0.25, -0.2) is 4.98 Å². The molecule has 0 amide bonds. The molecule has 2 nitrogen and oxygen atoms in total. The molecule has 0 aromatic carbocycles. The van der Waals surface area contributed by atoms with Crippen LogP contribution in [0, 0.1) is 5.92 Å². The second kappa shape index (κ2) is 5.25. The van der Waals surface area contributed by atoms with E-state index in [0.717, 1.165) is 10.9 Å². The van der Waals surface area contributed by atoms with E-state index in [-0.39, 0.29) is 6.10 Å². The van der Waals surface area contributed by atoms with Gasteiger partial charge in [0.05, 0.1) is 11.1 Å². The van der Waals surface area contributed by atoms with Crippen molar-refractivity contribution >= 4 is 11.8 Å². The van der Waals surface area contributed by atoms with E-state index in [2.05, 4.69) is 25.8 Å². The van der Waals surface area contributed by atoms with E-state index in [1.807, 2.05) is 24.5 Å². The van der Waals surface area contributed by atoms with Crippen LogP contribution in [0.15, 0.2) is 23.2 Å². The maximum absolute atomic E-state index is 5.69. The first-order valence-electron chi connectivity index (χ1n) is 4.81. The zero-order valence-corrected chi connectivity index (χ0v) is 9.97. The lowest BCUT2D eigenvalue weighted by molar-refractivity contribution is 0.162. The van der Waals surface area contributed by atoms with Crippen LogP contribution >= 0.6 is 11.8 Å². The van der Waals surface area contributed by atoms with Gasteiger partial charge in [-0.2, -0.15) is 0 Å². The number of pyridine rings is 1. The summed E-state index contributed by atoms with van der Waals surface area (Å²) in [4.78, 5) is 4.35. The van der Waals surface area contributed by atoms with E-state index in [1.165, 1.54) is 0 Å². The molecule has 0 spiro atoms. The minimum Gasteiger partial charge on any atom is -0.474 e. The van der Waals surface area contributed by atoms with Crippen LogP contribution in [-0.2, 0) is 0 Å². The van der Waals surface area contributed by atoms with Crippen molar-refractivity contribution in [2.75, 3.05) is 6.26 Å². The van der Waals surface area contributed by atoms with Gasteiger partial charge in [0, 0.05) is 6.07 Å². The van der Waals surface area contributed by atoms with Crippen molar-refractivity contribution in [1.82, 2.24) is 4.98 Å². The lowest BCUT2D eigenvalue weighted by atomic mass is 10.1. The molecule has 0 saturated carbocycles. The SMILES string of the molecule is CSc1cccc(OC(C)C(C)C)n1. The molecule has 1 rings (SSSR count). The molecule has 0 N–H and O–H groups in total. The highest BCUT2D eigenvalue weighted by molar-refractivity contribution is 7.98. The normalized spacial score (nSPS) is 12.9. The highest BCUT2D eigenvalue weighted by atomic mass is 32.2. The zero-order chi connectivity index (χ0) is 10.6. The first-order valence-corrected chi connectivity index (χ1v) is 6.03. The molecule has 1 unspecified atom stereocenters. The fraction of sp³-hybridized carbons (Fsp3) is 0.545. The molecule has 1 atom stereocenters. The lowest BCUT2D eigenvalue weighted by Gasteiger charge is -2.17. The van der Waals surface area contributed by atoms with Crippen molar-refractivity contribution in [2.45, 2.75) is 31.9 Å². The second-order valence-corrected chi connectivity index (χ2v) is 4.41. The fourth-order valence-corrected chi connectivity index (χ4v) is 1.30. The van der Waals surface area contributed by atoms with Gasteiger partial charge in [0.15, 0.2) is 0 Å². The average Bonchev–Trinajstić information content (AvgIpc) is 2.18. The summed E-state index contributed by atoms with van der Waals surface area (Å²) in [5.74, 6) is 1.23. The summed E-state index contributed by atoms with van der Waals surface area (Å²) in [5, 5.41) is 0.999. The van der Waals surface area contributed by atoms with Crippen LogP contribution in [0.25, 0.3) is 0 Å². The van der Waals surface area contributed by atoms with Gasteiger partial charge >= 0.3 is 0 Å². The van der Waals surface area contributed by atoms with E-state index < -0.39 is 0 Å². The number of nitrogens with zero attached hydrogens (tertiary/aromatic N) is 1. The van der Waals surface area contributed by atoms with E-state index in [4.69, 9.17) is 4.74 Å². The molecule has 0 radical (unpaired) electrons. The Hall–Kier alpha value is -0.700. The summed E-state index contributed by atoms with van der Waals surface area (Å²) in [6, 6.07) is 5.86. The molecular formula is C11H17NOS. The predicted octanol–water partition coefficient (Wildman–Crippen LogP) is 3.23. The average molecular weight is 211 g/mol. The number of ether oxygens (including phenoxy) is 1. The Morgan fingerprint density at radius 2 is 2.00 bits per heavy atom. The highest BCUT2D eigenvalue weighted by Crippen LogP contribution is 2.17. The van der Waals surface area contributed by atoms with Crippen LogP contribution in [0.3, 0.4) is 0 Å². The Morgan fingerprint density at radius 3 is 2.57 bits per heavy atom. The van der Waals surface area contributed by atoms with Crippen molar-refractivity contribution in [3.8, 4) is 5.88 Å². The summed E-state index contributed by atoms with van der Waals surface area (Å²) in [5.41, 5.74) is 0. The third-order valence-electron chi connectivity index (χ3n) is 2.15. The molecule has 14 heavy (non-hydrogen) atoms. The van der Waals surface area contributed by atoms with Gasteiger partial charge in [-0.1, -0.05) is 19.9 Å². The highest BCUT2D eigenvalue weighted by Gasteiger charge is 2.09. The summed E-state index contributed by atoms with van der Waals surface area (Å²) in [6.07, 6.45) is 2.22. The predicted molar refractivity (Wildman–Crippen MR) is 60.9 cm³/mol. The van der Waals surface area contributed by atoms with Crippen LogP contribution in [0.4, 0.5) is 0 Å². The molecule has 0 saturated heterocycles. The number of thioether (sulfide) groups is 1. The van der Waals surface area contributed by atoms with E-state index in [9.17, 15) is 0 Å². The molecule has 1 heterocycles. The zero-order valence-electron chi connectivity index (χ0n) is 9.15. The minimum absolute atomic E-state index is 0.208. The monoisotopic (exact) mass is 211 g/mol. The van der Waals surface area contributed by atoms with Gasteiger partial charge in [0.2, 0.25) is 5.88 Å². The van der Waals surface area contributed by atoms with Crippen molar-refractivity contribution in [3.05, 3.63) is 18.2 Å². The van der Waals surface area contributed by atoms with Crippen molar-refractivity contribution in [2.24, 2.45) is 5.92 Å². The molecule has 78 valence electrons. The Balaban J connectivity index is 2.66. The summed E-state index contributed by atoms with van der Waals surface area (Å²) in [7, 11) is 0. The Morgan fingerprint density at radius 1 is 1.29 bits per heavy atom. The van der Waals surface area contributed by atoms with Gasteiger partial charge in [0.1, 0.15) is 0 Å². The summed E-state index contributed by atoms with van der Waals surface area (Å²) < 4.78 is 5.69. The quantitative estimate of drug-likeness (QED) is 0.714. The Kier molecular flexibility index (Phi) is 4.26. The molecule has 0 aliphatic heterocycles. The smallest absolute Gasteiger partial charge is 0.214 e. The Bertz CT molecular complexity index is 288. The van der Waals surface area contributed by atoms with Gasteiger partial charge in [-0.15, -0.1) is 11.8 Å². The second-order valence-electron chi connectivity index (χ2n) is 3.59. The van der Waals surface area contributed by atoms with Crippen LogP contribution in [0.1, 0.15) is 20.8 Å². The first-order chi connectivity index (χ1) is 6.63. The van der Waals surface area contributed by atoms with E-state index >= 15 is 0 Å². The molecule has 1 aromatic heterocycles. The van der Waals surface area contributed by atoms with Crippen LogP contribution in [0.5, 0.6) is 5.88 Å². The number of aromatic nitrogens is 1. The van der Waals surface area contributed by atoms with Crippen LogP contribution in [0.2, 0.25) is 0 Å². The molecule has 0 fully saturated rings. The van der Waals surface area contributed by atoms with Crippen molar-refractivity contribution in [3.63, 3.8) is 0 Å². The number of hydrogen-bond donors (Lipinski definition) is 0. The summed E-state index contributed by atoms with van der Waals surface area (Å²) in [6.45, 7) is 6.35. The maximum Gasteiger partial charge on any atom is 0.214 e.